The lowest BCUT2D eigenvalue weighted by Crippen LogP contribution is -2.40. The fourth-order valence-corrected chi connectivity index (χ4v) is 2.38. The monoisotopic (exact) mass is 298 g/mol. The molecule has 1 amide bonds. The minimum absolute atomic E-state index is 0.320. The van der Waals surface area contributed by atoms with E-state index in [0.29, 0.717) is 16.4 Å². The van der Waals surface area contributed by atoms with Crippen molar-refractivity contribution in [1.29, 1.82) is 0 Å². The quantitative estimate of drug-likeness (QED) is 0.862. The number of hydrogen-bond donors (Lipinski definition) is 1. The maximum Gasteiger partial charge on any atom is 0.250 e. The molecule has 6 nitrogen and oxygen atoms in total. The molecule has 1 saturated heterocycles. The van der Waals surface area contributed by atoms with Gasteiger partial charge in [0.25, 0.3) is 0 Å². The van der Waals surface area contributed by atoms with E-state index in [0.717, 1.165) is 39.4 Å². The highest BCUT2D eigenvalue weighted by atomic mass is 35.5. The number of carbonyl (C=O) groups excluding carboxylic acids is 1. The number of anilines is 1. The molecular formula is C13H19ClN4O2. The molecule has 20 heavy (non-hydrogen) atoms. The topological polar surface area (TPSA) is 71.7 Å². The van der Waals surface area contributed by atoms with Crippen molar-refractivity contribution < 1.29 is 9.53 Å². The molecule has 2 heterocycles. The van der Waals surface area contributed by atoms with Gasteiger partial charge in [0.2, 0.25) is 5.91 Å². The molecule has 110 valence electrons. The fraction of sp³-hybridized carbons (Fsp3) is 0.538. The third kappa shape index (κ3) is 3.82. The molecule has 0 unspecified atom stereocenters. The predicted octanol–water partition coefficient (Wildman–Crippen LogP) is 0.602. The van der Waals surface area contributed by atoms with Crippen LogP contribution in [-0.4, -0.2) is 62.2 Å². The second kappa shape index (κ2) is 6.88. The molecule has 1 aliphatic heterocycles. The Hall–Kier alpha value is -1.37. The van der Waals surface area contributed by atoms with Gasteiger partial charge in [-0.05, 0) is 6.07 Å². The molecule has 2 rings (SSSR count). The van der Waals surface area contributed by atoms with Crippen molar-refractivity contribution in [3.63, 3.8) is 0 Å². The lowest BCUT2D eigenvalue weighted by molar-refractivity contribution is 0.0393. The first-order valence-electron chi connectivity index (χ1n) is 6.54. The summed E-state index contributed by atoms with van der Waals surface area (Å²) in [5, 5.41) is 0.436. The Morgan fingerprint density at radius 3 is 2.85 bits per heavy atom. The van der Waals surface area contributed by atoms with E-state index in [2.05, 4.69) is 9.88 Å². The molecule has 1 fully saturated rings. The van der Waals surface area contributed by atoms with Crippen LogP contribution in [0.15, 0.2) is 12.3 Å². The Labute approximate surface area is 123 Å². The molecular weight excluding hydrogens is 280 g/mol. The number of morpholine rings is 1. The summed E-state index contributed by atoms with van der Waals surface area (Å²) in [6, 6.07) is 1.55. The summed E-state index contributed by atoms with van der Waals surface area (Å²) in [5.41, 5.74) is 5.52. The number of carbonyl (C=O) groups is 1. The summed E-state index contributed by atoms with van der Waals surface area (Å²) < 4.78 is 5.31. The van der Waals surface area contributed by atoms with E-state index in [4.69, 9.17) is 22.1 Å². The van der Waals surface area contributed by atoms with Gasteiger partial charge in [0.15, 0.2) is 0 Å². The molecule has 1 aromatic heterocycles. The number of nitrogens with zero attached hydrogens (tertiary/aromatic N) is 3. The minimum atomic E-state index is -0.526. The van der Waals surface area contributed by atoms with Crippen LogP contribution in [0.5, 0.6) is 0 Å². The molecule has 0 atom stereocenters. The fourth-order valence-electron chi connectivity index (χ4n) is 2.07. The summed E-state index contributed by atoms with van der Waals surface area (Å²) in [7, 11) is 1.93. The van der Waals surface area contributed by atoms with E-state index < -0.39 is 5.91 Å². The third-order valence-corrected chi connectivity index (χ3v) is 3.60. The van der Waals surface area contributed by atoms with Crippen molar-refractivity contribution in [2.45, 2.75) is 0 Å². The Bertz CT molecular complexity index is 477. The highest BCUT2D eigenvalue weighted by Gasteiger charge is 2.14. The van der Waals surface area contributed by atoms with Gasteiger partial charge in [-0.2, -0.15) is 0 Å². The zero-order valence-electron chi connectivity index (χ0n) is 11.5. The van der Waals surface area contributed by atoms with Gasteiger partial charge in [-0.25, -0.2) is 4.98 Å². The number of rotatable bonds is 5. The van der Waals surface area contributed by atoms with Crippen molar-refractivity contribution in [2.75, 3.05) is 51.3 Å². The number of primary amides is 1. The molecule has 0 spiro atoms. The largest absolute Gasteiger partial charge is 0.379 e. The molecule has 0 radical (unpaired) electrons. The van der Waals surface area contributed by atoms with Gasteiger partial charge in [0.05, 0.1) is 23.8 Å². The standard InChI is InChI=1S/C13H19ClN4O2/c1-17(2-3-18-4-6-20-7-5-18)13-11(14)8-10(9-16-13)12(15)19/h8-9H,2-7H2,1H3,(H2,15,19). The summed E-state index contributed by atoms with van der Waals surface area (Å²) in [6.07, 6.45) is 1.45. The van der Waals surface area contributed by atoms with Crippen LogP contribution in [-0.2, 0) is 4.74 Å². The summed E-state index contributed by atoms with van der Waals surface area (Å²) >= 11 is 6.14. The molecule has 0 aromatic carbocycles. The van der Waals surface area contributed by atoms with Crippen molar-refractivity contribution >= 4 is 23.3 Å². The van der Waals surface area contributed by atoms with E-state index in [-0.39, 0.29) is 0 Å². The van der Waals surface area contributed by atoms with Crippen molar-refractivity contribution in [3.05, 3.63) is 22.8 Å². The first-order chi connectivity index (χ1) is 9.58. The van der Waals surface area contributed by atoms with Gasteiger partial charge in [0, 0.05) is 39.4 Å². The van der Waals surface area contributed by atoms with Crippen LogP contribution in [0.3, 0.4) is 0 Å². The molecule has 1 aliphatic rings. The molecule has 0 aliphatic carbocycles. The SMILES string of the molecule is CN(CCN1CCOCC1)c1ncc(C(N)=O)cc1Cl. The number of hydrogen-bond acceptors (Lipinski definition) is 5. The van der Waals surface area contributed by atoms with E-state index in [1.807, 2.05) is 11.9 Å². The Morgan fingerprint density at radius 1 is 1.55 bits per heavy atom. The van der Waals surface area contributed by atoms with Crippen LogP contribution in [0.25, 0.3) is 0 Å². The highest BCUT2D eigenvalue weighted by molar-refractivity contribution is 6.33. The van der Waals surface area contributed by atoms with Crippen molar-refractivity contribution in [1.82, 2.24) is 9.88 Å². The summed E-state index contributed by atoms with van der Waals surface area (Å²) in [4.78, 5) is 19.6. The highest BCUT2D eigenvalue weighted by Crippen LogP contribution is 2.22. The van der Waals surface area contributed by atoms with Crippen LogP contribution < -0.4 is 10.6 Å². The van der Waals surface area contributed by atoms with Crippen molar-refractivity contribution in [3.8, 4) is 0 Å². The first-order valence-corrected chi connectivity index (χ1v) is 6.92. The average Bonchev–Trinajstić information content (AvgIpc) is 2.45. The Balaban J connectivity index is 1.94. The van der Waals surface area contributed by atoms with E-state index in [9.17, 15) is 4.79 Å². The number of ether oxygens (including phenoxy) is 1. The average molecular weight is 299 g/mol. The normalized spacial score (nSPS) is 16.1. The number of amides is 1. The van der Waals surface area contributed by atoms with Gasteiger partial charge in [-0.15, -0.1) is 0 Å². The van der Waals surface area contributed by atoms with Crippen LogP contribution in [0.1, 0.15) is 10.4 Å². The lowest BCUT2D eigenvalue weighted by Gasteiger charge is -2.29. The second-order valence-electron chi connectivity index (χ2n) is 4.77. The van der Waals surface area contributed by atoms with Crippen LogP contribution in [0, 0.1) is 0 Å². The Kier molecular flexibility index (Phi) is 5.17. The minimum Gasteiger partial charge on any atom is -0.379 e. The van der Waals surface area contributed by atoms with E-state index >= 15 is 0 Å². The van der Waals surface area contributed by atoms with Gasteiger partial charge in [-0.1, -0.05) is 11.6 Å². The molecule has 0 bridgehead atoms. The van der Waals surface area contributed by atoms with Crippen LogP contribution in [0.2, 0.25) is 5.02 Å². The predicted molar refractivity (Wildman–Crippen MR) is 78.3 cm³/mol. The van der Waals surface area contributed by atoms with E-state index in [1.54, 1.807) is 6.07 Å². The third-order valence-electron chi connectivity index (χ3n) is 3.32. The number of nitrogens with two attached hydrogens (primary N) is 1. The molecule has 7 heteroatoms. The number of pyridine rings is 1. The number of aromatic nitrogens is 1. The maximum atomic E-state index is 11.1. The zero-order chi connectivity index (χ0) is 14.5. The maximum absolute atomic E-state index is 11.1. The first kappa shape index (κ1) is 15.0. The number of likely N-dealkylation sites (N-methyl/N-ethyl adjacent to an activating group) is 1. The zero-order valence-corrected chi connectivity index (χ0v) is 12.3. The van der Waals surface area contributed by atoms with Gasteiger partial charge in [0.1, 0.15) is 5.82 Å². The summed E-state index contributed by atoms with van der Waals surface area (Å²) in [6.45, 7) is 5.22. The van der Waals surface area contributed by atoms with Crippen LogP contribution in [0.4, 0.5) is 5.82 Å². The van der Waals surface area contributed by atoms with Gasteiger partial charge in [-0.3, -0.25) is 9.69 Å². The Morgan fingerprint density at radius 2 is 2.25 bits per heavy atom. The lowest BCUT2D eigenvalue weighted by atomic mass is 10.2. The summed E-state index contributed by atoms with van der Waals surface area (Å²) in [5.74, 6) is 0.131. The van der Waals surface area contributed by atoms with Crippen LogP contribution >= 0.6 is 11.6 Å². The smallest absolute Gasteiger partial charge is 0.250 e. The van der Waals surface area contributed by atoms with Gasteiger partial charge >= 0.3 is 0 Å². The molecule has 0 saturated carbocycles. The van der Waals surface area contributed by atoms with Crippen molar-refractivity contribution in [2.24, 2.45) is 5.73 Å². The molecule has 1 aromatic rings. The molecule has 2 N–H and O–H groups in total. The number of halogens is 1. The van der Waals surface area contributed by atoms with Gasteiger partial charge < -0.3 is 15.4 Å². The second-order valence-corrected chi connectivity index (χ2v) is 5.18. The van der Waals surface area contributed by atoms with E-state index in [1.165, 1.54) is 6.20 Å².